The van der Waals surface area contributed by atoms with E-state index in [1.54, 1.807) is 0 Å². The Morgan fingerprint density at radius 3 is 2.09 bits per heavy atom. The van der Waals surface area contributed by atoms with Crippen molar-refractivity contribution in [2.75, 3.05) is 20.1 Å². The fourth-order valence-electron chi connectivity index (χ4n) is 2.22. The maximum atomic E-state index is 11.7. The van der Waals surface area contributed by atoms with Crippen molar-refractivity contribution < 1.29 is 4.79 Å². The molecule has 2 atom stereocenters. The molecule has 5 nitrogen and oxygen atoms in total. The minimum atomic E-state index is -0.0772. The zero-order valence-electron chi connectivity index (χ0n) is 14.5. The van der Waals surface area contributed by atoms with Crippen molar-refractivity contribution in [3.63, 3.8) is 0 Å². The minimum absolute atomic E-state index is 0.0772. The van der Waals surface area contributed by atoms with Crippen molar-refractivity contribution in [1.29, 1.82) is 0 Å². The molecule has 2 amide bonds. The number of amides is 2. The van der Waals surface area contributed by atoms with Crippen LogP contribution in [0.1, 0.15) is 52.4 Å². The van der Waals surface area contributed by atoms with Gasteiger partial charge in [0.05, 0.1) is 0 Å². The van der Waals surface area contributed by atoms with E-state index < -0.39 is 0 Å². The summed E-state index contributed by atoms with van der Waals surface area (Å²) in [4.78, 5) is 11.7. The highest BCUT2D eigenvalue weighted by atomic mass is 16.2. The standard InChI is InChI=1S/C16H33BN4O/c1-13(20-15(3)17)9-10-14(2)21-16(22)19-12-8-6-5-7-11-18-4/h13-14,18,20H,3,5-12H2,1-2,4H3,(H2,19,21,22). The lowest BCUT2D eigenvalue weighted by molar-refractivity contribution is 0.236. The molecule has 0 heterocycles. The molecule has 0 aliphatic rings. The van der Waals surface area contributed by atoms with Crippen LogP contribution in [0, 0.1) is 0 Å². The first kappa shape index (κ1) is 20.8. The van der Waals surface area contributed by atoms with Gasteiger partial charge in [0.1, 0.15) is 7.85 Å². The highest BCUT2D eigenvalue weighted by molar-refractivity contribution is 6.20. The van der Waals surface area contributed by atoms with Gasteiger partial charge in [0.15, 0.2) is 0 Å². The second kappa shape index (κ2) is 13.5. The van der Waals surface area contributed by atoms with Crippen LogP contribution >= 0.6 is 0 Å². The molecule has 22 heavy (non-hydrogen) atoms. The van der Waals surface area contributed by atoms with Crippen LogP contribution < -0.4 is 21.3 Å². The number of rotatable bonds is 13. The smallest absolute Gasteiger partial charge is 0.314 e. The van der Waals surface area contributed by atoms with Gasteiger partial charge in [0, 0.05) is 18.6 Å². The molecule has 0 saturated heterocycles. The number of hydrogen-bond acceptors (Lipinski definition) is 3. The van der Waals surface area contributed by atoms with Crippen LogP contribution in [0.25, 0.3) is 0 Å². The number of hydrogen-bond donors (Lipinski definition) is 4. The first-order valence-corrected chi connectivity index (χ1v) is 8.35. The molecule has 0 rings (SSSR count). The first-order chi connectivity index (χ1) is 10.5. The Morgan fingerprint density at radius 1 is 1.00 bits per heavy atom. The van der Waals surface area contributed by atoms with Gasteiger partial charge in [-0.15, -0.1) is 0 Å². The summed E-state index contributed by atoms with van der Waals surface area (Å²) < 4.78 is 0. The summed E-state index contributed by atoms with van der Waals surface area (Å²) in [6, 6.07) is 0.333. The van der Waals surface area contributed by atoms with E-state index in [9.17, 15) is 4.79 Å². The van der Waals surface area contributed by atoms with Gasteiger partial charge in [-0.25, -0.2) is 4.79 Å². The van der Waals surface area contributed by atoms with Crippen LogP contribution in [0.5, 0.6) is 0 Å². The fourth-order valence-corrected chi connectivity index (χ4v) is 2.22. The van der Waals surface area contributed by atoms with Crippen LogP contribution in [0.2, 0.25) is 0 Å². The molecule has 0 aromatic carbocycles. The Hall–Kier alpha value is -1.17. The molecule has 0 fully saturated rings. The average Bonchev–Trinajstić information content (AvgIpc) is 2.43. The lowest BCUT2D eigenvalue weighted by Crippen LogP contribution is -2.41. The van der Waals surface area contributed by atoms with E-state index in [0.29, 0.717) is 5.60 Å². The summed E-state index contributed by atoms with van der Waals surface area (Å²) in [5, 5.41) is 12.1. The normalized spacial score (nSPS) is 13.2. The topological polar surface area (TPSA) is 65.2 Å². The molecule has 6 heteroatoms. The fraction of sp³-hybridized carbons (Fsp3) is 0.812. The van der Waals surface area contributed by atoms with E-state index >= 15 is 0 Å². The van der Waals surface area contributed by atoms with Crippen molar-refractivity contribution in [1.82, 2.24) is 21.3 Å². The minimum Gasteiger partial charge on any atom is -0.395 e. The van der Waals surface area contributed by atoms with Crippen molar-refractivity contribution in [3.05, 3.63) is 12.2 Å². The SMILES string of the molecule is [B]C(=C)NC(C)CCC(C)NC(=O)NCCCCCCNC. The zero-order chi connectivity index (χ0) is 16.8. The van der Waals surface area contributed by atoms with Gasteiger partial charge in [-0.1, -0.05) is 19.4 Å². The van der Waals surface area contributed by atoms with Gasteiger partial charge in [0.2, 0.25) is 0 Å². The van der Waals surface area contributed by atoms with Crippen LogP contribution in [0.3, 0.4) is 0 Å². The summed E-state index contributed by atoms with van der Waals surface area (Å²) in [7, 11) is 7.47. The average molecular weight is 308 g/mol. The molecule has 2 unspecified atom stereocenters. The number of carbonyl (C=O) groups is 1. The van der Waals surface area contributed by atoms with Crippen LogP contribution in [-0.4, -0.2) is 46.1 Å². The third-order valence-corrected chi connectivity index (χ3v) is 3.48. The van der Waals surface area contributed by atoms with Gasteiger partial charge >= 0.3 is 6.03 Å². The molecule has 0 saturated carbocycles. The maximum absolute atomic E-state index is 11.7. The van der Waals surface area contributed by atoms with Gasteiger partial charge in [-0.3, -0.25) is 0 Å². The second-order valence-electron chi connectivity index (χ2n) is 5.97. The van der Waals surface area contributed by atoms with Crippen molar-refractivity contribution in [3.8, 4) is 0 Å². The Labute approximate surface area is 137 Å². The summed E-state index contributed by atoms with van der Waals surface area (Å²) in [6.45, 7) is 9.49. The van der Waals surface area contributed by atoms with Gasteiger partial charge < -0.3 is 21.3 Å². The van der Waals surface area contributed by atoms with Crippen molar-refractivity contribution >= 4 is 13.9 Å². The summed E-state index contributed by atoms with van der Waals surface area (Å²) in [6.07, 6.45) is 6.43. The van der Waals surface area contributed by atoms with Crippen LogP contribution in [0.15, 0.2) is 12.2 Å². The second-order valence-corrected chi connectivity index (χ2v) is 5.97. The lowest BCUT2D eigenvalue weighted by atomic mass is 10.0. The van der Waals surface area contributed by atoms with Crippen molar-refractivity contribution in [2.24, 2.45) is 0 Å². The Morgan fingerprint density at radius 2 is 1.55 bits per heavy atom. The Balaban J connectivity index is 3.55. The number of urea groups is 1. The molecule has 0 aliphatic heterocycles. The predicted octanol–water partition coefficient (Wildman–Crippen LogP) is 1.85. The third kappa shape index (κ3) is 13.8. The lowest BCUT2D eigenvalue weighted by Gasteiger charge is -2.19. The number of nitrogens with one attached hydrogen (secondary N) is 4. The van der Waals surface area contributed by atoms with Crippen LogP contribution in [0.4, 0.5) is 4.79 Å². The highest BCUT2D eigenvalue weighted by Gasteiger charge is 2.08. The summed E-state index contributed by atoms with van der Waals surface area (Å²) in [5.74, 6) is 0. The molecular formula is C16H33BN4O. The molecule has 2 radical (unpaired) electrons. The van der Waals surface area contributed by atoms with Gasteiger partial charge in [-0.05, 0) is 58.7 Å². The molecule has 0 bridgehead atoms. The molecule has 0 aliphatic carbocycles. The Bertz CT molecular complexity index is 313. The quantitative estimate of drug-likeness (QED) is 0.310. The molecule has 126 valence electrons. The summed E-state index contributed by atoms with van der Waals surface area (Å²) in [5.41, 5.74) is 0.487. The summed E-state index contributed by atoms with van der Waals surface area (Å²) >= 11 is 0. The maximum Gasteiger partial charge on any atom is 0.314 e. The monoisotopic (exact) mass is 308 g/mol. The molecule has 0 aromatic heterocycles. The molecule has 0 aromatic rings. The van der Waals surface area contributed by atoms with E-state index in [2.05, 4.69) is 34.8 Å². The van der Waals surface area contributed by atoms with Crippen molar-refractivity contribution in [2.45, 2.75) is 64.5 Å². The number of carbonyl (C=O) groups excluding carboxylic acids is 1. The van der Waals surface area contributed by atoms with Gasteiger partial charge in [-0.2, -0.15) is 0 Å². The molecular weight excluding hydrogens is 275 g/mol. The van der Waals surface area contributed by atoms with E-state index in [0.717, 1.165) is 38.8 Å². The largest absolute Gasteiger partial charge is 0.395 e. The zero-order valence-corrected chi connectivity index (χ0v) is 14.5. The first-order valence-electron chi connectivity index (χ1n) is 8.35. The van der Waals surface area contributed by atoms with E-state index in [4.69, 9.17) is 7.85 Å². The molecule has 0 spiro atoms. The van der Waals surface area contributed by atoms with Crippen LogP contribution in [-0.2, 0) is 0 Å². The highest BCUT2D eigenvalue weighted by Crippen LogP contribution is 2.02. The molecule has 4 N–H and O–H groups in total. The van der Waals surface area contributed by atoms with E-state index in [1.165, 1.54) is 12.8 Å². The van der Waals surface area contributed by atoms with E-state index in [-0.39, 0.29) is 18.1 Å². The Kier molecular flexibility index (Phi) is 12.8. The predicted molar refractivity (Wildman–Crippen MR) is 95.1 cm³/mol. The number of unbranched alkanes of at least 4 members (excludes halogenated alkanes) is 3. The van der Waals surface area contributed by atoms with Gasteiger partial charge in [0.25, 0.3) is 0 Å². The van der Waals surface area contributed by atoms with E-state index in [1.807, 2.05) is 14.0 Å². The third-order valence-electron chi connectivity index (χ3n) is 3.48.